The molecular weight excluding hydrogens is 144 g/mol. The van der Waals surface area contributed by atoms with Gasteiger partial charge in [-0.15, -0.1) is 0 Å². The maximum atomic E-state index is 5.13. The van der Waals surface area contributed by atoms with Crippen LogP contribution in [0.3, 0.4) is 0 Å². The van der Waals surface area contributed by atoms with Crippen molar-refractivity contribution in [2.45, 2.75) is 13.8 Å². The van der Waals surface area contributed by atoms with E-state index in [-0.39, 0.29) is 0 Å². The third kappa shape index (κ3) is 2.14. The molecule has 0 aliphatic heterocycles. The van der Waals surface area contributed by atoms with E-state index < -0.39 is 0 Å². The van der Waals surface area contributed by atoms with Gasteiger partial charge in [0.2, 0.25) is 5.88 Å². The van der Waals surface area contributed by atoms with Crippen LogP contribution >= 0.6 is 0 Å². The standard InChI is InChI=1S/C7H12N2O2/c1-3-10-6-5-8-7(9-6)11-4-2/h5H,3-4H2,1-2H3,(H,8,9). The summed E-state index contributed by atoms with van der Waals surface area (Å²) < 4.78 is 10.2. The minimum absolute atomic E-state index is 0.510. The van der Waals surface area contributed by atoms with Crippen LogP contribution in [-0.4, -0.2) is 23.2 Å². The van der Waals surface area contributed by atoms with Crippen LogP contribution in [0.4, 0.5) is 0 Å². The Balaban J connectivity index is 2.51. The quantitative estimate of drug-likeness (QED) is 0.712. The van der Waals surface area contributed by atoms with Gasteiger partial charge in [-0.3, -0.25) is 4.98 Å². The summed E-state index contributed by atoms with van der Waals surface area (Å²) in [4.78, 5) is 6.78. The molecule has 0 bridgehead atoms. The molecule has 1 N–H and O–H groups in total. The molecule has 4 heteroatoms. The molecule has 0 atom stereocenters. The summed E-state index contributed by atoms with van der Waals surface area (Å²) in [5, 5.41) is 0. The van der Waals surface area contributed by atoms with Crippen molar-refractivity contribution in [3.8, 4) is 11.9 Å². The number of hydrogen-bond acceptors (Lipinski definition) is 3. The molecule has 0 amide bonds. The van der Waals surface area contributed by atoms with Crippen LogP contribution in [0, 0.1) is 0 Å². The first-order chi connectivity index (χ1) is 5.36. The number of aromatic nitrogens is 2. The molecule has 0 saturated carbocycles. The number of nitrogens with one attached hydrogen (secondary N) is 1. The summed E-state index contributed by atoms with van der Waals surface area (Å²) in [5.41, 5.74) is 0. The van der Waals surface area contributed by atoms with Crippen LogP contribution in [-0.2, 0) is 0 Å². The summed E-state index contributed by atoms with van der Waals surface area (Å²) in [7, 11) is 0. The van der Waals surface area contributed by atoms with E-state index in [4.69, 9.17) is 9.47 Å². The van der Waals surface area contributed by atoms with Crippen molar-refractivity contribution >= 4 is 0 Å². The highest BCUT2D eigenvalue weighted by molar-refractivity contribution is 5.10. The molecule has 1 aromatic rings. The SMILES string of the molecule is CCOc1cnc(OCC)[nH]1. The van der Waals surface area contributed by atoms with E-state index in [1.165, 1.54) is 0 Å². The number of hydrogen-bond donors (Lipinski definition) is 1. The number of nitrogens with zero attached hydrogens (tertiary/aromatic N) is 1. The molecule has 0 aliphatic rings. The Hall–Kier alpha value is -1.19. The maximum absolute atomic E-state index is 5.13. The molecule has 11 heavy (non-hydrogen) atoms. The summed E-state index contributed by atoms with van der Waals surface area (Å²) >= 11 is 0. The van der Waals surface area contributed by atoms with Crippen molar-refractivity contribution in [1.82, 2.24) is 9.97 Å². The number of rotatable bonds is 4. The van der Waals surface area contributed by atoms with E-state index in [9.17, 15) is 0 Å². The number of H-pyrrole nitrogens is 1. The van der Waals surface area contributed by atoms with E-state index in [0.717, 1.165) is 0 Å². The molecule has 62 valence electrons. The Kier molecular flexibility index (Phi) is 2.77. The van der Waals surface area contributed by atoms with Gasteiger partial charge in [0.1, 0.15) is 0 Å². The van der Waals surface area contributed by atoms with E-state index in [1.807, 2.05) is 13.8 Å². The molecule has 0 spiro atoms. The molecule has 1 rings (SSSR count). The molecule has 0 fully saturated rings. The minimum atomic E-state index is 0.510. The molecule has 0 saturated heterocycles. The Morgan fingerprint density at radius 2 is 2.09 bits per heavy atom. The first-order valence-electron chi connectivity index (χ1n) is 3.67. The predicted octanol–water partition coefficient (Wildman–Crippen LogP) is 1.21. The van der Waals surface area contributed by atoms with Crippen LogP contribution in [0.2, 0.25) is 0 Å². The van der Waals surface area contributed by atoms with Gasteiger partial charge < -0.3 is 9.47 Å². The van der Waals surface area contributed by atoms with E-state index in [0.29, 0.717) is 25.1 Å². The number of aromatic amines is 1. The van der Waals surface area contributed by atoms with Crippen molar-refractivity contribution in [1.29, 1.82) is 0 Å². The third-order valence-corrected chi connectivity index (χ3v) is 1.11. The third-order valence-electron chi connectivity index (χ3n) is 1.11. The average Bonchev–Trinajstić information content (AvgIpc) is 2.38. The average molecular weight is 156 g/mol. The van der Waals surface area contributed by atoms with Crippen molar-refractivity contribution < 1.29 is 9.47 Å². The first-order valence-corrected chi connectivity index (χ1v) is 3.67. The molecule has 1 heterocycles. The lowest BCUT2D eigenvalue weighted by atomic mass is 10.8. The Morgan fingerprint density at radius 1 is 1.36 bits per heavy atom. The fourth-order valence-electron chi connectivity index (χ4n) is 0.726. The Morgan fingerprint density at radius 3 is 2.73 bits per heavy atom. The molecule has 0 unspecified atom stereocenters. The summed E-state index contributed by atoms with van der Waals surface area (Å²) in [5.74, 6) is 0.649. The van der Waals surface area contributed by atoms with Crippen LogP contribution < -0.4 is 9.47 Å². The van der Waals surface area contributed by atoms with Gasteiger partial charge in [-0.1, -0.05) is 0 Å². The van der Waals surface area contributed by atoms with Crippen molar-refractivity contribution in [2.75, 3.05) is 13.2 Å². The summed E-state index contributed by atoms with van der Waals surface area (Å²) in [6, 6.07) is 0.510. The molecule has 4 nitrogen and oxygen atoms in total. The zero-order valence-corrected chi connectivity index (χ0v) is 6.76. The second kappa shape index (κ2) is 3.85. The lowest BCUT2D eigenvalue weighted by Crippen LogP contribution is -1.94. The Bertz CT molecular complexity index is 189. The van der Waals surface area contributed by atoms with Crippen LogP contribution in [0.1, 0.15) is 13.8 Å². The summed E-state index contributed by atoms with van der Waals surface area (Å²) in [6.07, 6.45) is 1.61. The highest BCUT2D eigenvalue weighted by atomic mass is 16.5. The highest BCUT2D eigenvalue weighted by Gasteiger charge is 1.98. The molecule has 0 aromatic carbocycles. The summed E-state index contributed by atoms with van der Waals surface area (Å²) in [6.45, 7) is 5.07. The fraction of sp³-hybridized carbons (Fsp3) is 0.571. The van der Waals surface area contributed by atoms with E-state index >= 15 is 0 Å². The van der Waals surface area contributed by atoms with Crippen LogP contribution in [0.5, 0.6) is 11.9 Å². The van der Waals surface area contributed by atoms with Gasteiger partial charge in [0, 0.05) is 0 Å². The van der Waals surface area contributed by atoms with Crippen molar-refractivity contribution in [3.63, 3.8) is 0 Å². The second-order valence-corrected chi connectivity index (χ2v) is 1.92. The van der Waals surface area contributed by atoms with Crippen LogP contribution in [0.25, 0.3) is 0 Å². The van der Waals surface area contributed by atoms with Gasteiger partial charge >= 0.3 is 0 Å². The van der Waals surface area contributed by atoms with Crippen LogP contribution in [0.15, 0.2) is 6.20 Å². The van der Waals surface area contributed by atoms with Gasteiger partial charge in [0.05, 0.1) is 19.4 Å². The highest BCUT2D eigenvalue weighted by Crippen LogP contribution is 2.11. The smallest absolute Gasteiger partial charge is 0.296 e. The Labute approximate surface area is 65.5 Å². The zero-order chi connectivity index (χ0) is 8.10. The monoisotopic (exact) mass is 156 g/mol. The lowest BCUT2D eigenvalue weighted by Gasteiger charge is -1.97. The number of imidazole rings is 1. The van der Waals surface area contributed by atoms with Gasteiger partial charge in [-0.25, -0.2) is 0 Å². The van der Waals surface area contributed by atoms with E-state index in [2.05, 4.69) is 9.97 Å². The fourth-order valence-corrected chi connectivity index (χ4v) is 0.726. The van der Waals surface area contributed by atoms with E-state index in [1.54, 1.807) is 6.20 Å². The van der Waals surface area contributed by atoms with Gasteiger partial charge in [0.15, 0.2) is 0 Å². The molecule has 0 aliphatic carbocycles. The topological polar surface area (TPSA) is 47.1 Å². The molecule has 1 aromatic heterocycles. The van der Waals surface area contributed by atoms with Gasteiger partial charge in [-0.05, 0) is 13.8 Å². The van der Waals surface area contributed by atoms with Gasteiger partial charge in [-0.2, -0.15) is 4.98 Å². The van der Waals surface area contributed by atoms with Crippen molar-refractivity contribution in [3.05, 3.63) is 6.20 Å². The minimum Gasteiger partial charge on any atom is -0.478 e. The number of ether oxygens (including phenoxy) is 2. The van der Waals surface area contributed by atoms with Crippen molar-refractivity contribution in [2.24, 2.45) is 0 Å². The lowest BCUT2D eigenvalue weighted by molar-refractivity contribution is 0.302. The molecule has 0 radical (unpaired) electrons. The normalized spacial score (nSPS) is 9.64. The predicted molar refractivity (Wildman–Crippen MR) is 40.9 cm³/mol. The first kappa shape index (κ1) is 7.91. The zero-order valence-electron chi connectivity index (χ0n) is 6.76. The second-order valence-electron chi connectivity index (χ2n) is 1.92. The molecular formula is C7H12N2O2. The van der Waals surface area contributed by atoms with Gasteiger partial charge in [0.25, 0.3) is 6.01 Å². The largest absolute Gasteiger partial charge is 0.478 e. The maximum Gasteiger partial charge on any atom is 0.296 e.